The number of amidine groups is 1. The van der Waals surface area contributed by atoms with E-state index in [9.17, 15) is 14.0 Å². The van der Waals surface area contributed by atoms with Crippen LogP contribution >= 0.6 is 0 Å². The lowest BCUT2D eigenvalue weighted by Gasteiger charge is -2.29. The third-order valence-corrected chi connectivity index (χ3v) is 5.21. The molecule has 0 saturated heterocycles. The monoisotopic (exact) mass is 374 g/mol. The molecule has 1 aliphatic carbocycles. The summed E-state index contributed by atoms with van der Waals surface area (Å²) in [6.45, 7) is 0. The van der Waals surface area contributed by atoms with Crippen LogP contribution in [0.15, 0.2) is 47.6 Å². The number of oxime groups is 1. The van der Waals surface area contributed by atoms with Crippen LogP contribution in [0.4, 0.5) is 14.5 Å². The van der Waals surface area contributed by atoms with Crippen molar-refractivity contribution in [2.24, 2.45) is 11.1 Å². The van der Waals surface area contributed by atoms with Crippen LogP contribution in [-0.4, -0.2) is 18.2 Å². The number of nitrogens with one attached hydrogen (secondary N) is 1. The molecule has 0 spiro atoms. The standard InChI is InChI=1S/C21H24F2N2O2/c1-27-21-18(22)12-17(13-19(21)23)24-20(25-26)11-14-7-9-16(10-8-14)15-5-3-2-4-6-15/h2-6,12-14,16,26H,7-11H2,1H3,(H,24,25). The third kappa shape index (κ3) is 4.76. The van der Waals surface area contributed by atoms with E-state index < -0.39 is 17.4 Å². The van der Waals surface area contributed by atoms with E-state index in [0.717, 1.165) is 37.8 Å². The first-order chi connectivity index (χ1) is 13.1. The second-order valence-electron chi connectivity index (χ2n) is 6.98. The van der Waals surface area contributed by atoms with Crippen molar-refractivity contribution >= 4 is 11.5 Å². The van der Waals surface area contributed by atoms with Gasteiger partial charge >= 0.3 is 0 Å². The third-order valence-electron chi connectivity index (χ3n) is 5.21. The smallest absolute Gasteiger partial charge is 0.190 e. The quantitative estimate of drug-likeness (QED) is 0.313. The van der Waals surface area contributed by atoms with Crippen LogP contribution in [0, 0.1) is 17.6 Å². The number of methoxy groups -OCH3 is 1. The van der Waals surface area contributed by atoms with Gasteiger partial charge in [-0.25, -0.2) is 8.78 Å². The molecule has 0 bridgehead atoms. The fraction of sp³-hybridized carbons (Fsp3) is 0.381. The van der Waals surface area contributed by atoms with Crippen molar-refractivity contribution in [3.05, 3.63) is 59.7 Å². The number of rotatable bonds is 5. The summed E-state index contributed by atoms with van der Waals surface area (Å²) in [5, 5.41) is 15.4. The van der Waals surface area contributed by atoms with Crippen molar-refractivity contribution in [3.8, 4) is 5.75 Å². The highest BCUT2D eigenvalue weighted by Gasteiger charge is 2.24. The first-order valence-corrected chi connectivity index (χ1v) is 9.16. The molecule has 2 aromatic rings. The number of nitrogens with zero attached hydrogens (tertiary/aromatic N) is 1. The SMILES string of the molecule is COc1c(F)cc(N/C(CC2CCC(c3ccccc3)CC2)=N\O)cc1F. The molecule has 0 radical (unpaired) electrons. The van der Waals surface area contributed by atoms with E-state index in [1.165, 1.54) is 12.7 Å². The van der Waals surface area contributed by atoms with Gasteiger partial charge in [0, 0.05) is 24.2 Å². The van der Waals surface area contributed by atoms with Gasteiger partial charge in [-0.1, -0.05) is 35.5 Å². The van der Waals surface area contributed by atoms with Crippen molar-refractivity contribution in [2.45, 2.75) is 38.0 Å². The number of benzene rings is 2. The van der Waals surface area contributed by atoms with Crippen molar-refractivity contribution < 1.29 is 18.7 Å². The molecule has 0 aliphatic heterocycles. The Kier molecular flexibility index (Phi) is 6.27. The first-order valence-electron chi connectivity index (χ1n) is 9.16. The molecule has 27 heavy (non-hydrogen) atoms. The zero-order valence-corrected chi connectivity index (χ0v) is 15.3. The predicted molar refractivity (Wildman–Crippen MR) is 102 cm³/mol. The van der Waals surface area contributed by atoms with E-state index in [-0.39, 0.29) is 5.69 Å². The highest BCUT2D eigenvalue weighted by Crippen LogP contribution is 2.37. The molecule has 6 heteroatoms. The first kappa shape index (κ1) is 19.1. The van der Waals surface area contributed by atoms with Gasteiger partial charge in [0.25, 0.3) is 0 Å². The molecular formula is C21H24F2N2O2. The number of ether oxygens (including phenoxy) is 1. The lowest BCUT2D eigenvalue weighted by molar-refractivity contribution is 0.306. The number of hydrogen-bond donors (Lipinski definition) is 2. The van der Waals surface area contributed by atoms with Crippen LogP contribution in [0.1, 0.15) is 43.6 Å². The summed E-state index contributed by atoms with van der Waals surface area (Å²) in [5.74, 6) is -0.795. The molecule has 1 fully saturated rings. The maximum atomic E-state index is 13.8. The number of anilines is 1. The molecule has 0 unspecified atom stereocenters. The zero-order chi connectivity index (χ0) is 19.2. The average molecular weight is 374 g/mol. The molecule has 1 saturated carbocycles. The van der Waals surface area contributed by atoms with Crippen LogP contribution in [0.3, 0.4) is 0 Å². The summed E-state index contributed by atoms with van der Waals surface area (Å²) in [5.41, 5.74) is 1.56. The molecule has 4 nitrogen and oxygen atoms in total. The Labute approximate surface area is 157 Å². The van der Waals surface area contributed by atoms with Gasteiger partial charge in [-0.15, -0.1) is 0 Å². The Morgan fingerprint density at radius 2 is 1.74 bits per heavy atom. The van der Waals surface area contributed by atoms with E-state index in [0.29, 0.717) is 24.1 Å². The fourth-order valence-corrected chi connectivity index (χ4v) is 3.81. The minimum atomic E-state index is -0.805. The van der Waals surface area contributed by atoms with Gasteiger partial charge in [0.05, 0.1) is 7.11 Å². The van der Waals surface area contributed by atoms with Crippen molar-refractivity contribution in [1.82, 2.24) is 0 Å². The van der Waals surface area contributed by atoms with Crippen molar-refractivity contribution in [1.29, 1.82) is 0 Å². The summed E-state index contributed by atoms with van der Waals surface area (Å²) in [6, 6.07) is 12.7. The van der Waals surface area contributed by atoms with Crippen LogP contribution < -0.4 is 10.1 Å². The zero-order valence-electron chi connectivity index (χ0n) is 15.3. The Balaban J connectivity index is 1.57. The molecule has 3 rings (SSSR count). The molecule has 1 aliphatic rings. The normalized spacial score (nSPS) is 20.3. The molecule has 0 amide bonds. The minimum Gasteiger partial charge on any atom is -0.491 e. The molecule has 0 heterocycles. The van der Waals surface area contributed by atoms with E-state index in [2.05, 4.69) is 39.5 Å². The summed E-state index contributed by atoms with van der Waals surface area (Å²) in [6.07, 6.45) is 4.74. The number of halogens is 2. The summed E-state index contributed by atoms with van der Waals surface area (Å²) >= 11 is 0. The van der Waals surface area contributed by atoms with Gasteiger partial charge in [0.15, 0.2) is 17.4 Å². The summed E-state index contributed by atoms with van der Waals surface area (Å²) < 4.78 is 32.3. The molecule has 2 aromatic carbocycles. The van der Waals surface area contributed by atoms with Crippen LogP contribution in [0.5, 0.6) is 5.75 Å². The lowest BCUT2D eigenvalue weighted by Crippen LogP contribution is -2.21. The van der Waals surface area contributed by atoms with Crippen LogP contribution in [0.2, 0.25) is 0 Å². The Morgan fingerprint density at radius 1 is 1.11 bits per heavy atom. The van der Waals surface area contributed by atoms with Gasteiger partial charge in [-0.3, -0.25) is 0 Å². The van der Waals surface area contributed by atoms with Crippen molar-refractivity contribution in [2.75, 3.05) is 12.4 Å². The maximum Gasteiger partial charge on any atom is 0.190 e. The van der Waals surface area contributed by atoms with Crippen molar-refractivity contribution in [3.63, 3.8) is 0 Å². The molecule has 2 N–H and O–H groups in total. The minimum absolute atomic E-state index is 0.191. The molecular weight excluding hydrogens is 350 g/mol. The van der Waals surface area contributed by atoms with E-state index in [1.807, 2.05) is 6.07 Å². The maximum absolute atomic E-state index is 13.8. The molecule has 0 aromatic heterocycles. The van der Waals surface area contributed by atoms with Gasteiger partial charge < -0.3 is 15.3 Å². The highest BCUT2D eigenvalue weighted by molar-refractivity contribution is 5.95. The Hall–Kier alpha value is -2.63. The lowest BCUT2D eigenvalue weighted by atomic mass is 9.77. The fourth-order valence-electron chi connectivity index (χ4n) is 3.81. The van der Waals surface area contributed by atoms with Crippen LogP contribution in [-0.2, 0) is 0 Å². The van der Waals surface area contributed by atoms with E-state index >= 15 is 0 Å². The van der Waals surface area contributed by atoms with E-state index in [4.69, 9.17) is 0 Å². The van der Waals surface area contributed by atoms with E-state index in [1.54, 1.807) is 0 Å². The predicted octanol–water partition coefficient (Wildman–Crippen LogP) is 5.54. The average Bonchev–Trinajstić information content (AvgIpc) is 2.68. The second-order valence-corrected chi connectivity index (χ2v) is 6.98. The van der Waals surface area contributed by atoms with Gasteiger partial charge in [0.1, 0.15) is 5.84 Å². The highest BCUT2D eigenvalue weighted by atomic mass is 19.1. The Bertz CT molecular complexity index is 765. The van der Waals surface area contributed by atoms with Gasteiger partial charge in [-0.2, -0.15) is 0 Å². The van der Waals surface area contributed by atoms with Crippen LogP contribution in [0.25, 0.3) is 0 Å². The Morgan fingerprint density at radius 3 is 2.30 bits per heavy atom. The van der Waals surface area contributed by atoms with Gasteiger partial charge in [0.2, 0.25) is 0 Å². The largest absolute Gasteiger partial charge is 0.491 e. The van der Waals surface area contributed by atoms with Gasteiger partial charge in [-0.05, 0) is 43.1 Å². The summed E-state index contributed by atoms with van der Waals surface area (Å²) in [7, 11) is 1.21. The topological polar surface area (TPSA) is 53.8 Å². The molecule has 0 atom stereocenters. The summed E-state index contributed by atoms with van der Waals surface area (Å²) in [4.78, 5) is 0. The molecule has 144 valence electrons. The second kappa shape index (κ2) is 8.84. The number of hydrogen-bond acceptors (Lipinski definition) is 3.